The van der Waals surface area contributed by atoms with Gasteiger partial charge in [0.1, 0.15) is 17.7 Å². The molecular weight excluding hydrogens is 342 g/mol. The van der Waals surface area contributed by atoms with Crippen molar-refractivity contribution in [1.29, 1.82) is 0 Å². The van der Waals surface area contributed by atoms with Gasteiger partial charge in [-0.25, -0.2) is 19.9 Å². The van der Waals surface area contributed by atoms with Crippen LogP contribution in [0.4, 0.5) is 5.82 Å². The lowest BCUT2D eigenvalue weighted by Gasteiger charge is -2.12. The molecule has 1 aliphatic rings. The van der Waals surface area contributed by atoms with Crippen LogP contribution in [0.2, 0.25) is 0 Å². The Bertz CT molecular complexity index is 1260. The quantitative estimate of drug-likeness (QED) is 0.598. The molecule has 0 bridgehead atoms. The highest BCUT2D eigenvalue weighted by molar-refractivity contribution is 5.81. The van der Waals surface area contributed by atoms with Gasteiger partial charge in [-0.3, -0.25) is 9.36 Å². The number of nitrogen functional groups attached to an aromatic ring is 1. The zero-order valence-electron chi connectivity index (χ0n) is 15.1. The topological polar surface area (TPSA) is 105 Å². The number of anilines is 1. The highest BCUT2D eigenvalue weighted by Gasteiger charge is 2.41. The van der Waals surface area contributed by atoms with Crippen molar-refractivity contribution in [3.63, 3.8) is 0 Å². The molecule has 0 amide bonds. The largest absolute Gasteiger partial charge is 0.382 e. The van der Waals surface area contributed by atoms with Gasteiger partial charge in [-0.2, -0.15) is 0 Å². The standard InChI is InChI=1S/C19H19N7O/c1-10-4-3-5-13-15(10)19(27)26(11(2)24-13)14-6-12(14)7-25-9-23-16-17(20)21-8-22-18(16)25/h3-5,8-9,12,14H,6-7H2,1-2H3,(H2,20,21,22). The first kappa shape index (κ1) is 15.9. The second kappa shape index (κ2) is 5.60. The van der Waals surface area contributed by atoms with E-state index in [4.69, 9.17) is 5.73 Å². The number of aromatic nitrogens is 6. The zero-order valence-corrected chi connectivity index (χ0v) is 15.1. The van der Waals surface area contributed by atoms with E-state index >= 15 is 0 Å². The van der Waals surface area contributed by atoms with Gasteiger partial charge in [-0.1, -0.05) is 12.1 Å². The van der Waals surface area contributed by atoms with E-state index in [9.17, 15) is 4.79 Å². The van der Waals surface area contributed by atoms with Crippen LogP contribution in [-0.4, -0.2) is 29.1 Å². The first-order chi connectivity index (χ1) is 13.0. The van der Waals surface area contributed by atoms with Crippen LogP contribution in [0, 0.1) is 19.8 Å². The van der Waals surface area contributed by atoms with Crippen LogP contribution >= 0.6 is 0 Å². The molecule has 1 aromatic carbocycles. The Morgan fingerprint density at radius 1 is 1.22 bits per heavy atom. The highest BCUT2D eigenvalue weighted by atomic mass is 16.1. The lowest BCUT2D eigenvalue weighted by atomic mass is 10.1. The summed E-state index contributed by atoms with van der Waals surface area (Å²) in [5.74, 6) is 1.47. The maximum atomic E-state index is 13.1. The minimum absolute atomic E-state index is 0.0464. The Hall–Kier alpha value is -3.29. The number of rotatable bonds is 3. The van der Waals surface area contributed by atoms with Gasteiger partial charge >= 0.3 is 0 Å². The van der Waals surface area contributed by atoms with E-state index in [2.05, 4.69) is 19.9 Å². The van der Waals surface area contributed by atoms with Crippen molar-refractivity contribution < 1.29 is 0 Å². The second-order valence-corrected chi connectivity index (χ2v) is 7.19. The van der Waals surface area contributed by atoms with E-state index in [0.29, 0.717) is 22.6 Å². The van der Waals surface area contributed by atoms with Gasteiger partial charge in [-0.15, -0.1) is 0 Å². The molecule has 3 aromatic heterocycles. The summed E-state index contributed by atoms with van der Waals surface area (Å²) in [5, 5.41) is 0.711. The molecule has 1 saturated carbocycles. The number of fused-ring (bicyclic) bond motifs is 2. The minimum atomic E-state index is 0.0464. The normalized spacial score (nSPS) is 19.0. The van der Waals surface area contributed by atoms with Crippen LogP contribution in [-0.2, 0) is 6.54 Å². The van der Waals surface area contributed by atoms with Crippen LogP contribution in [0.15, 0.2) is 35.6 Å². The van der Waals surface area contributed by atoms with Crippen LogP contribution in [0.25, 0.3) is 22.1 Å². The highest BCUT2D eigenvalue weighted by Crippen LogP contribution is 2.44. The number of hydrogen-bond acceptors (Lipinski definition) is 6. The maximum absolute atomic E-state index is 13.1. The number of nitrogens with zero attached hydrogens (tertiary/aromatic N) is 6. The Morgan fingerprint density at radius 2 is 2.07 bits per heavy atom. The molecular formula is C19H19N7O. The molecule has 1 fully saturated rings. The summed E-state index contributed by atoms with van der Waals surface area (Å²) in [4.78, 5) is 30.4. The first-order valence-corrected chi connectivity index (χ1v) is 8.94. The number of hydrogen-bond donors (Lipinski definition) is 1. The van der Waals surface area contributed by atoms with Gasteiger partial charge in [0.25, 0.3) is 5.56 Å². The van der Waals surface area contributed by atoms with Gasteiger partial charge < -0.3 is 10.3 Å². The summed E-state index contributed by atoms with van der Waals surface area (Å²) in [6, 6.07) is 5.93. The van der Waals surface area contributed by atoms with E-state index in [0.717, 1.165) is 35.5 Å². The fraction of sp³-hybridized carbons (Fsp3) is 0.316. The smallest absolute Gasteiger partial charge is 0.261 e. The van der Waals surface area contributed by atoms with E-state index in [1.54, 1.807) is 6.33 Å². The second-order valence-electron chi connectivity index (χ2n) is 7.19. The third kappa shape index (κ3) is 2.40. The first-order valence-electron chi connectivity index (χ1n) is 8.94. The lowest BCUT2D eigenvalue weighted by Crippen LogP contribution is -2.24. The number of benzene rings is 1. The SMILES string of the molecule is Cc1cccc2nc(C)n(C3CC3Cn3cnc4c(N)ncnc43)c(=O)c12. The third-order valence-corrected chi connectivity index (χ3v) is 5.39. The van der Waals surface area contributed by atoms with Gasteiger partial charge in [0.05, 0.1) is 17.2 Å². The molecule has 3 heterocycles. The van der Waals surface area contributed by atoms with Crippen LogP contribution in [0.5, 0.6) is 0 Å². The lowest BCUT2D eigenvalue weighted by molar-refractivity contribution is 0.549. The van der Waals surface area contributed by atoms with Crippen molar-refractivity contribution in [1.82, 2.24) is 29.1 Å². The van der Waals surface area contributed by atoms with Crippen molar-refractivity contribution in [2.75, 3.05) is 5.73 Å². The molecule has 136 valence electrons. The van der Waals surface area contributed by atoms with Gasteiger partial charge in [0.15, 0.2) is 11.5 Å². The van der Waals surface area contributed by atoms with E-state index < -0.39 is 0 Å². The Balaban J connectivity index is 1.50. The summed E-state index contributed by atoms with van der Waals surface area (Å²) in [7, 11) is 0. The number of aryl methyl sites for hydroxylation is 2. The molecule has 8 nitrogen and oxygen atoms in total. The Labute approximate surface area is 154 Å². The third-order valence-electron chi connectivity index (χ3n) is 5.39. The molecule has 2 N–H and O–H groups in total. The van der Waals surface area contributed by atoms with Crippen LogP contribution in [0.3, 0.4) is 0 Å². The molecule has 0 radical (unpaired) electrons. The molecule has 0 aliphatic heterocycles. The van der Waals surface area contributed by atoms with Gasteiger partial charge in [-0.05, 0) is 37.8 Å². The van der Waals surface area contributed by atoms with Crippen molar-refractivity contribution in [3.05, 3.63) is 52.6 Å². The molecule has 2 atom stereocenters. The fourth-order valence-electron chi connectivity index (χ4n) is 3.94. The summed E-state index contributed by atoms with van der Waals surface area (Å²) >= 11 is 0. The molecule has 27 heavy (non-hydrogen) atoms. The van der Waals surface area contributed by atoms with Crippen molar-refractivity contribution >= 4 is 27.9 Å². The average Bonchev–Trinajstić information content (AvgIpc) is 3.24. The molecule has 0 spiro atoms. The molecule has 8 heteroatoms. The fourth-order valence-corrected chi connectivity index (χ4v) is 3.94. The molecule has 4 aromatic rings. The summed E-state index contributed by atoms with van der Waals surface area (Å²) in [6.07, 6.45) is 4.12. The molecule has 2 unspecified atom stereocenters. The van der Waals surface area contributed by atoms with E-state index in [-0.39, 0.29) is 11.6 Å². The molecule has 0 saturated heterocycles. The summed E-state index contributed by atoms with van der Waals surface area (Å²) < 4.78 is 3.83. The zero-order chi connectivity index (χ0) is 18.7. The number of nitrogens with two attached hydrogens (primary N) is 1. The molecule has 1 aliphatic carbocycles. The predicted octanol–water partition coefficient (Wildman–Crippen LogP) is 2.00. The number of imidazole rings is 1. The van der Waals surface area contributed by atoms with E-state index in [1.165, 1.54) is 6.33 Å². The van der Waals surface area contributed by atoms with Crippen molar-refractivity contribution in [2.24, 2.45) is 5.92 Å². The van der Waals surface area contributed by atoms with Crippen molar-refractivity contribution in [2.45, 2.75) is 32.9 Å². The van der Waals surface area contributed by atoms with Crippen LogP contribution in [0.1, 0.15) is 23.9 Å². The Morgan fingerprint density at radius 3 is 2.93 bits per heavy atom. The maximum Gasteiger partial charge on any atom is 0.261 e. The summed E-state index contributed by atoms with van der Waals surface area (Å²) in [6.45, 7) is 4.59. The monoisotopic (exact) mass is 361 g/mol. The van der Waals surface area contributed by atoms with Crippen molar-refractivity contribution in [3.8, 4) is 0 Å². The van der Waals surface area contributed by atoms with Gasteiger partial charge in [0.2, 0.25) is 0 Å². The predicted molar refractivity (Wildman–Crippen MR) is 102 cm³/mol. The Kier molecular flexibility index (Phi) is 3.30. The minimum Gasteiger partial charge on any atom is -0.382 e. The summed E-state index contributed by atoms with van der Waals surface area (Å²) in [5.41, 5.74) is 8.97. The average molecular weight is 361 g/mol. The molecule has 5 rings (SSSR count). The van der Waals surface area contributed by atoms with E-state index in [1.807, 2.05) is 41.2 Å². The van der Waals surface area contributed by atoms with Crippen LogP contribution < -0.4 is 11.3 Å². The van der Waals surface area contributed by atoms with Gasteiger partial charge in [0, 0.05) is 12.6 Å².